The lowest BCUT2D eigenvalue weighted by Crippen LogP contribution is -2.44. The summed E-state index contributed by atoms with van der Waals surface area (Å²) in [5, 5.41) is 6.26. The Kier molecular flexibility index (Phi) is 4.47. The average Bonchev–Trinajstić information content (AvgIpc) is 2.86. The summed E-state index contributed by atoms with van der Waals surface area (Å²) >= 11 is 3.48. The van der Waals surface area contributed by atoms with Gasteiger partial charge in [0.15, 0.2) is 0 Å². The Balaban J connectivity index is 2.03. The summed E-state index contributed by atoms with van der Waals surface area (Å²) < 4.78 is 0.920. The number of hydrogen-bond acceptors (Lipinski definition) is 5. The number of aromatic nitrogens is 1. The largest absolute Gasteiger partial charge is 0.379 e. The molecule has 0 radical (unpaired) electrons. The average molecular weight is 390 g/mol. The number of hydrazine groups is 1. The molecular weight excluding hydrogens is 370 g/mol. The van der Waals surface area contributed by atoms with Crippen LogP contribution in [0.1, 0.15) is 24.2 Å². The normalized spacial score (nSPS) is 18.6. The van der Waals surface area contributed by atoms with Crippen molar-refractivity contribution in [2.75, 3.05) is 12.4 Å². The van der Waals surface area contributed by atoms with Crippen LogP contribution in [0.5, 0.6) is 0 Å². The van der Waals surface area contributed by atoms with Gasteiger partial charge in [0, 0.05) is 35.3 Å². The Bertz CT molecular complexity index is 835. The van der Waals surface area contributed by atoms with E-state index in [2.05, 4.69) is 51.7 Å². The molecule has 0 bridgehead atoms. The molecule has 7 heteroatoms. The van der Waals surface area contributed by atoms with E-state index < -0.39 is 5.91 Å². The van der Waals surface area contributed by atoms with Gasteiger partial charge >= 0.3 is 0 Å². The van der Waals surface area contributed by atoms with Gasteiger partial charge in [-0.2, -0.15) is 0 Å². The first kappa shape index (κ1) is 16.7. The first-order valence-corrected chi connectivity index (χ1v) is 8.48. The number of nitrogens with zero attached hydrogens (tertiary/aromatic N) is 2. The molecule has 1 aliphatic rings. The van der Waals surface area contributed by atoms with Gasteiger partial charge in [-0.05, 0) is 37.6 Å². The highest BCUT2D eigenvalue weighted by Gasteiger charge is 2.26. The van der Waals surface area contributed by atoms with Crippen LogP contribution < -0.4 is 16.5 Å². The Hall–Kier alpha value is -2.12. The Morgan fingerprint density at radius 2 is 2.25 bits per heavy atom. The van der Waals surface area contributed by atoms with E-state index in [1.165, 1.54) is 11.8 Å². The molecule has 1 aromatic heterocycles. The third-order valence-corrected chi connectivity index (χ3v) is 4.69. The fourth-order valence-electron chi connectivity index (χ4n) is 3.07. The Morgan fingerprint density at radius 3 is 2.88 bits per heavy atom. The molecule has 0 aliphatic carbocycles. The minimum Gasteiger partial charge on any atom is -0.379 e. The van der Waals surface area contributed by atoms with Crippen molar-refractivity contribution in [2.24, 2.45) is 5.73 Å². The zero-order valence-corrected chi connectivity index (χ0v) is 15.4. The number of halogens is 1. The van der Waals surface area contributed by atoms with Crippen molar-refractivity contribution in [2.45, 2.75) is 25.9 Å². The van der Waals surface area contributed by atoms with E-state index in [-0.39, 0.29) is 12.1 Å². The summed E-state index contributed by atoms with van der Waals surface area (Å²) in [6, 6.07) is 5.96. The highest BCUT2D eigenvalue weighted by Crippen LogP contribution is 2.30. The smallest absolute Gasteiger partial charge is 0.252 e. The van der Waals surface area contributed by atoms with E-state index in [4.69, 9.17) is 5.73 Å². The fourth-order valence-corrected chi connectivity index (χ4v) is 3.43. The van der Waals surface area contributed by atoms with Gasteiger partial charge in [-0.25, -0.2) is 5.43 Å². The molecule has 2 atom stereocenters. The second-order valence-electron chi connectivity index (χ2n) is 6.10. The van der Waals surface area contributed by atoms with Crippen molar-refractivity contribution < 1.29 is 4.79 Å². The maximum atomic E-state index is 11.9. The van der Waals surface area contributed by atoms with Crippen LogP contribution >= 0.6 is 15.9 Å². The number of rotatable bonds is 4. The van der Waals surface area contributed by atoms with Crippen LogP contribution in [0.25, 0.3) is 10.9 Å². The van der Waals surface area contributed by atoms with E-state index >= 15 is 0 Å². The molecule has 126 valence electrons. The molecule has 4 N–H and O–H groups in total. The fraction of sp³-hybridized carbons (Fsp3) is 0.294. The van der Waals surface area contributed by atoms with Gasteiger partial charge in [0.25, 0.3) is 5.91 Å². The minimum absolute atomic E-state index is 0.0499. The first-order chi connectivity index (χ1) is 11.4. The number of hydrogen-bond donors (Lipinski definition) is 3. The van der Waals surface area contributed by atoms with Crippen LogP contribution in [0, 0.1) is 0 Å². The van der Waals surface area contributed by atoms with Gasteiger partial charge in [0.1, 0.15) is 0 Å². The summed E-state index contributed by atoms with van der Waals surface area (Å²) in [6.45, 7) is 4.15. The summed E-state index contributed by atoms with van der Waals surface area (Å²) in [5.74, 6) is -0.497. The van der Waals surface area contributed by atoms with Crippen molar-refractivity contribution in [1.29, 1.82) is 0 Å². The summed E-state index contributed by atoms with van der Waals surface area (Å²) in [5.41, 5.74) is 12.1. The number of pyridine rings is 1. The number of nitrogens with two attached hydrogens (primary N) is 1. The monoisotopic (exact) mass is 389 g/mol. The van der Waals surface area contributed by atoms with E-state index in [0.29, 0.717) is 11.3 Å². The number of fused-ring (bicyclic) bond motifs is 1. The van der Waals surface area contributed by atoms with Crippen molar-refractivity contribution in [3.63, 3.8) is 0 Å². The molecule has 0 fully saturated rings. The highest BCUT2D eigenvalue weighted by atomic mass is 79.9. The zero-order valence-electron chi connectivity index (χ0n) is 13.8. The maximum absolute atomic E-state index is 11.9. The molecule has 0 saturated carbocycles. The molecular formula is C17H20BrN5O. The van der Waals surface area contributed by atoms with Crippen molar-refractivity contribution in [3.8, 4) is 0 Å². The van der Waals surface area contributed by atoms with Crippen LogP contribution in [0.4, 0.5) is 5.69 Å². The molecule has 24 heavy (non-hydrogen) atoms. The summed E-state index contributed by atoms with van der Waals surface area (Å²) in [6.07, 6.45) is 3.59. The Labute approximate surface area is 149 Å². The van der Waals surface area contributed by atoms with Crippen molar-refractivity contribution in [1.82, 2.24) is 15.4 Å². The third kappa shape index (κ3) is 3.09. The molecule has 3 rings (SSSR count). The molecule has 1 aliphatic heterocycles. The summed E-state index contributed by atoms with van der Waals surface area (Å²) in [7, 11) is 1.96. The van der Waals surface area contributed by atoms with Crippen molar-refractivity contribution in [3.05, 3.63) is 46.2 Å². The van der Waals surface area contributed by atoms with E-state index in [0.717, 1.165) is 15.4 Å². The molecule has 1 amide bonds. The highest BCUT2D eigenvalue weighted by molar-refractivity contribution is 9.10. The zero-order chi connectivity index (χ0) is 17.4. The van der Waals surface area contributed by atoms with E-state index in [1.807, 2.05) is 30.3 Å². The number of nitrogens with one attached hydrogen (secondary N) is 2. The number of anilines is 1. The maximum Gasteiger partial charge on any atom is 0.252 e. The Morgan fingerprint density at radius 1 is 1.50 bits per heavy atom. The van der Waals surface area contributed by atoms with Gasteiger partial charge in [0.05, 0.1) is 22.8 Å². The third-order valence-electron chi connectivity index (χ3n) is 4.20. The van der Waals surface area contributed by atoms with Crippen LogP contribution in [-0.2, 0) is 0 Å². The number of primary amides is 1. The lowest BCUT2D eigenvalue weighted by Gasteiger charge is -2.26. The predicted molar refractivity (Wildman–Crippen MR) is 99.5 cm³/mol. The second kappa shape index (κ2) is 6.41. The number of carbonyl (C=O) groups is 1. The van der Waals surface area contributed by atoms with Gasteiger partial charge < -0.3 is 16.1 Å². The van der Waals surface area contributed by atoms with Gasteiger partial charge in [-0.3, -0.25) is 9.78 Å². The quantitative estimate of drug-likeness (QED) is 0.748. The molecule has 2 unspecified atom stereocenters. The molecule has 0 spiro atoms. The van der Waals surface area contributed by atoms with Crippen LogP contribution in [-0.4, -0.2) is 35.0 Å². The number of carbonyl (C=O) groups excluding carboxylic acids is 1. The van der Waals surface area contributed by atoms with Crippen LogP contribution in [0.3, 0.4) is 0 Å². The minimum atomic E-state index is -0.497. The topological polar surface area (TPSA) is 83.3 Å². The predicted octanol–water partition coefficient (Wildman–Crippen LogP) is 2.62. The van der Waals surface area contributed by atoms with E-state index in [9.17, 15) is 4.79 Å². The lowest BCUT2D eigenvalue weighted by atomic mass is 10.0. The lowest BCUT2D eigenvalue weighted by molar-refractivity contribution is 0.100. The van der Waals surface area contributed by atoms with Gasteiger partial charge in [-0.15, -0.1) is 0 Å². The second-order valence-corrected chi connectivity index (χ2v) is 7.01. The van der Waals surface area contributed by atoms with Gasteiger partial charge in [0.2, 0.25) is 0 Å². The van der Waals surface area contributed by atoms with Crippen LogP contribution in [0.15, 0.2) is 40.6 Å². The molecule has 0 saturated heterocycles. The van der Waals surface area contributed by atoms with Crippen molar-refractivity contribution >= 4 is 38.4 Å². The molecule has 6 nitrogen and oxygen atoms in total. The van der Waals surface area contributed by atoms with E-state index in [1.54, 1.807) is 0 Å². The van der Waals surface area contributed by atoms with Crippen LogP contribution in [0.2, 0.25) is 0 Å². The van der Waals surface area contributed by atoms with Gasteiger partial charge in [-0.1, -0.05) is 15.9 Å². The standard InChI is InChI=1S/C17H20BrN5O/c1-9-8-23(3)22-15(9)10(2)21-16-12-6-11(18)4-5-14(12)20-7-13(16)17(19)24/h4-8,10,15,22H,1-3H3,(H2,19,24)(H,20,21). The molecule has 2 heterocycles. The molecule has 1 aromatic carbocycles. The number of amides is 1. The first-order valence-electron chi connectivity index (χ1n) is 7.68. The summed E-state index contributed by atoms with van der Waals surface area (Å²) in [4.78, 5) is 16.2. The molecule has 2 aromatic rings. The number of benzene rings is 1. The SMILES string of the molecule is CC1=CN(C)NC1C(C)Nc1c(C(N)=O)cnc2ccc(Br)cc12.